The maximum absolute atomic E-state index is 12.0. The van der Waals surface area contributed by atoms with E-state index < -0.39 is 0 Å². The molecule has 1 aromatic rings. The van der Waals surface area contributed by atoms with Crippen molar-refractivity contribution in [2.24, 2.45) is 5.92 Å². The molecule has 1 aromatic heterocycles. The first kappa shape index (κ1) is 13.7. The summed E-state index contributed by atoms with van der Waals surface area (Å²) in [5, 5.41) is 5.04. The van der Waals surface area contributed by atoms with Crippen LogP contribution >= 0.6 is 11.3 Å². The van der Waals surface area contributed by atoms with Gasteiger partial charge in [0.15, 0.2) is 5.78 Å². The zero-order valence-corrected chi connectivity index (χ0v) is 12.1. The molecule has 3 nitrogen and oxygen atoms in total. The van der Waals surface area contributed by atoms with E-state index in [2.05, 4.69) is 11.9 Å². The molecular weight excluding hydrogens is 258 g/mol. The van der Waals surface area contributed by atoms with E-state index in [1.165, 1.54) is 0 Å². The Kier molecular flexibility index (Phi) is 3.71. The van der Waals surface area contributed by atoms with Gasteiger partial charge in [0.05, 0.1) is 5.92 Å². The molecule has 0 radical (unpaired) electrons. The Labute approximate surface area is 117 Å². The van der Waals surface area contributed by atoms with Gasteiger partial charge in [-0.15, -0.1) is 11.3 Å². The number of rotatable bonds is 3. The molecule has 0 bridgehead atoms. The fraction of sp³-hybridized carbons (Fsp3) is 0.333. The number of carbonyl (C=O) groups is 2. The molecule has 100 valence electrons. The highest BCUT2D eigenvalue weighted by molar-refractivity contribution is 7.10. The summed E-state index contributed by atoms with van der Waals surface area (Å²) >= 11 is 1.57. The Morgan fingerprint density at radius 1 is 1.37 bits per heavy atom. The number of hydrogen-bond donors (Lipinski definition) is 1. The summed E-state index contributed by atoms with van der Waals surface area (Å²) < 4.78 is 0. The van der Waals surface area contributed by atoms with Crippen LogP contribution in [0.3, 0.4) is 0 Å². The van der Waals surface area contributed by atoms with Crippen LogP contribution < -0.4 is 5.32 Å². The van der Waals surface area contributed by atoms with Crippen LogP contribution in [0.2, 0.25) is 0 Å². The second-order valence-electron chi connectivity index (χ2n) is 4.83. The lowest BCUT2D eigenvalue weighted by Gasteiger charge is -2.34. The Morgan fingerprint density at radius 3 is 2.53 bits per heavy atom. The maximum atomic E-state index is 12.0. The molecule has 1 aliphatic heterocycles. The predicted molar refractivity (Wildman–Crippen MR) is 76.9 cm³/mol. The lowest BCUT2D eigenvalue weighted by atomic mass is 9.76. The first-order valence-electron chi connectivity index (χ1n) is 6.15. The van der Waals surface area contributed by atoms with E-state index >= 15 is 0 Å². The second-order valence-corrected chi connectivity index (χ2v) is 5.81. The molecule has 0 spiro atoms. The van der Waals surface area contributed by atoms with Crippen LogP contribution in [0.5, 0.6) is 0 Å². The SMILES string of the molecule is C=C1NC(C)=C(C(C)=O)C(c2cccs2)C1C(C)=O. The van der Waals surface area contributed by atoms with Gasteiger partial charge in [-0.25, -0.2) is 0 Å². The van der Waals surface area contributed by atoms with E-state index in [-0.39, 0.29) is 23.4 Å². The zero-order valence-electron chi connectivity index (χ0n) is 11.3. The fourth-order valence-corrected chi connectivity index (χ4v) is 3.60. The molecule has 2 atom stereocenters. The summed E-state index contributed by atoms with van der Waals surface area (Å²) in [7, 11) is 0. The van der Waals surface area contributed by atoms with Crippen molar-refractivity contribution < 1.29 is 9.59 Å². The molecule has 0 saturated heterocycles. The molecule has 2 heterocycles. The summed E-state index contributed by atoms with van der Waals surface area (Å²) in [6, 6.07) is 3.91. The van der Waals surface area contributed by atoms with Gasteiger partial charge < -0.3 is 5.32 Å². The van der Waals surface area contributed by atoms with Gasteiger partial charge in [-0.3, -0.25) is 9.59 Å². The molecule has 1 N–H and O–H groups in total. The number of allylic oxidation sites excluding steroid dienone is 3. The number of carbonyl (C=O) groups excluding carboxylic acids is 2. The van der Waals surface area contributed by atoms with Crippen molar-refractivity contribution in [2.75, 3.05) is 0 Å². The van der Waals surface area contributed by atoms with E-state index in [4.69, 9.17) is 0 Å². The van der Waals surface area contributed by atoms with Crippen LogP contribution in [0.1, 0.15) is 31.6 Å². The standard InChI is InChI=1S/C15H17NO2S/c1-8-13(10(3)17)15(12-6-5-7-19-12)14(11(4)18)9(2)16-8/h5-7,13,15-16H,1H2,2-4H3. The molecule has 0 fully saturated rings. The van der Waals surface area contributed by atoms with Crippen LogP contribution in [0.25, 0.3) is 0 Å². The summed E-state index contributed by atoms with van der Waals surface area (Å²) in [5.74, 6) is -0.547. The van der Waals surface area contributed by atoms with Crippen LogP contribution in [0, 0.1) is 5.92 Å². The smallest absolute Gasteiger partial charge is 0.158 e. The summed E-state index contributed by atoms with van der Waals surface area (Å²) in [6.45, 7) is 8.91. The Morgan fingerprint density at radius 2 is 2.05 bits per heavy atom. The van der Waals surface area contributed by atoms with E-state index in [1.54, 1.807) is 25.2 Å². The van der Waals surface area contributed by atoms with Gasteiger partial charge in [0, 0.05) is 27.8 Å². The number of Topliss-reactive ketones (excluding diaryl/α,β-unsaturated/α-hetero) is 2. The fourth-order valence-electron chi connectivity index (χ4n) is 2.72. The van der Waals surface area contributed by atoms with Crippen LogP contribution in [-0.2, 0) is 9.59 Å². The molecule has 0 aromatic carbocycles. The number of hydrogen-bond acceptors (Lipinski definition) is 4. The average molecular weight is 275 g/mol. The van der Waals surface area contributed by atoms with Crippen molar-refractivity contribution in [3.63, 3.8) is 0 Å². The molecular formula is C15H17NO2S. The van der Waals surface area contributed by atoms with Crippen molar-refractivity contribution in [3.8, 4) is 0 Å². The minimum Gasteiger partial charge on any atom is -0.362 e. The zero-order chi connectivity index (χ0) is 14.2. The molecule has 0 saturated carbocycles. The molecule has 2 unspecified atom stereocenters. The van der Waals surface area contributed by atoms with Crippen LogP contribution in [-0.4, -0.2) is 11.6 Å². The van der Waals surface area contributed by atoms with Crippen LogP contribution in [0.4, 0.5) is 0 Å². The van der Waals surface area contributed by atoms with Gasteiger partial charge in [-0.1, -0.05) is 12.6 Å². The molecule has 0 aliphatic carbocycles. The van der Waals surface area contributed by atoms with Crippen molar-refractivity contribution in [1.29, 1.82) is 0 Å². The third-order valence-electron chi connectivity index (χ3n) is 3.44. The Hall–Kier alpha value is -1.68. The van der Waals surface area contributed by atoms with Gasteiger partial charge in [0.25, 0.3) is 0 Å². The van der Waals surface area contributed by atoms with E-state index in [1.807, 2.05) is 24.4 Å². The maximum Gasteiger partial charge on any atom is 0.158 e. The highest BCUT2D eigenvalue weighted by Gasteiger charge is 2.39. The van der Waals surface area contributed by atoms with Gasteiger partial charge >= 0.3 is 0 Å². The van der Waals surface area contributed by atoms with E-state index in [0.29, 0.717) is 11.3 Å². The predicted octanol–water partition coefficient (Wildman–Crippen LogP) is 3.02. The van der Waals surface area contributed by atoms with Crippen LogP contribution in [0.15, 0.2) is 41.1 Å². The Balaban J connectivity index is 2.62. The van der Waals surface area contributed by atoms with Gasteiger partial charge in [-0.05, 0) is 32.2 Å². The van der Waals surface area contributed by atoms with Gasteiger partial charge in [0.1, 0.15) is 5.78 Å². The summed E-state index contributed by atoms with van der Waals surface area (Å²) in [5.41, 5.74) is 2.16. The Bertz CT molecular complexity index is 569. The van der Waals surface area contributed by atoms with E-state index in [0.717, 1.165) is 10.6 Å². The lowest BCUT2D eigenvalue weighted by molar-refractivity contribution is -0.120. The first-order valence-corrected chi connectivity index (χ1v) is 7.02. The van der Waals surface area contributed by atoms with Gasteiger partial charge in [-0.2, -0.15) is 0 Å². The number of ketones is 2. The molecule has 0 amide bonds. The minimum absolute atomic E-state index is 0.00199. The van der Waals surface area contributed by atoms with Gasteiger partial charge in [0.2, 0.25) is 0 Å². The molecule has 19 heavy (non-hydrogen) atoms. The first-order chi connectivity index (χ1) is 8.93. The van der Waals surface area contributed by atoms with Crippen molar-refractivity contribution in [3.05, 3.63) is 45.9 Å². The quantitative estimate of drug-likeness (QED) is 0.922. The van der Waals surface area contributed by atoms with Crippen molar-refractivity contribution in [2.45, 2.75) is 26.7 Å². The minimum atomic E-state index is -0.374. The monoisotopic (exact) mass is 275 g/mol. The topological polar surface area (TPSA) is 46.2 Å². The average Bonchev–Trinajstić information content (AvgIpc) is 2.79. The summed E-state index contributed by atoms with van der Waals surface area (Å²) in [4.78, 5) is 24.9. The number of nitrogens with one attached hydrogen (secondary N) is 1. The van der Waals surface area contributed by atoms with Crippen molar-refractivity contribution in [1.82, 2.24) is 5.32 Å². The third-order valence-corrected chi connectivity index (χ3v) is 4.39. The number of thiophene rings is 1. The second kappa shape index (κ2) is 5.13. The summed E-state index contributed by atoms with van der Waals surface area (Å²) in [6.07, 6.45) is 0. The molecule has 1 aliphatic rings. The third kappa shape index (κ3) is 2.40. The normalized spacial score (nSPS) is 23.2. The van der Waals surface area contributed by atoms with E-state index in [9.17, 15) is 9.59 Å². The van der Waals surface area contributed by atoms with Crippen molar-refractivity contribution >= 4 is 22.9 Å². The highest BCUT2D eigenvalue weighted by Crippen LogP contribution is 2.42. The molecule has 4 heteroatoms. The molecule has 2 rings (SSSR count). The largest absolute Gasteiger partial charge is 0.362 e. The lowest BCUT2D eigenvalue weighted by Crippen LogP contribution is -2.37. The highest BCUT2D eigenvalue weighted by atomic mass is 32.1.